The molecule has 0 saturated heterocycles. The summed E-state index contributed by atoms with van der Waals surface area (Å²) in [5.74, 6) is 0.363. The van der Waals surface area contributed by atoms with E-state index in [2.05, 4.69) is 14.8 Å². The molecule has 3 aromatic rings. The molecule has 0 amide bonds. The van der Waals surface area contributed by atoms with Crippen LogP contribution in [0.5, 0.6) is 0 Å². The SMILES string of the molecule is O=S(=O)(Nc1ccnn1-c1ccccn1)c1ccc(S(=O)(=O)C(F)(F)F)cc1. The van der Waals surface area contributed by atoms with Gasteiger partial charge in [-0.3, -0.25) is 4.72 Å². The van der Waals surface area contributed by atoms with Gasteiger partial charge < -0.3 is 0 Å². The van der Waals surface area contributed by atoms with Gasteiger partial charge in [0.15, 0.2) is 5.82 Å². The highest BCUT2D eigenvalue weighted by Gasteiger charge is 2.46. The van der Waals surface area contributed by atoms with Crippen molar-refractivity contribution in [3.63, 3.8) is 0 Å². The van der Waals surface area contributed by atoms with Crippen LogP contribution < -0.4 is 4.72 Å². The Morgan fingerprint density at radius 2 is 1.50 bits per heavy atom. The molecule has 13 heteroatoms. The first-order chi connectivity index (χ1) is 13.0. The second-order valence-corrected chi connectivity index (χ2v) is 8.97. The number of aromatic nitrogens is 3. The summed E-state index contributed by atoms with van der Waals surface area (Å²) in [4.78, 5) is 2.55. The number of pyridine rings is 1. The molecule has 2 aromatic heterocycles. The lowest BCUT2D eigenvalue weighted by atomic mass is 10.4. The van der Waals surface area contributed by atoms with E-state index in [1.54, 1.807) is 18.2 Å². The number of halogens is 3. The lowest BCUT2D eigenvalue weighted by Crippen LogP contribution is -2.23. The van der Waals surface area contributed by atoms with E-state index in [0.717, 1.165) is 12.1 Å². The molecule has 1 aromatic carbocycles. The number of rotatable bonds is 5. The highest BCUT2D eigenvalue weighted by atomic mass is 32.2. The standard InChI is InChI=1S/C15H11F3N4O4S2/c16-15(17,18)27(23,24)11-4-6-12(7-5-11)28(25,26)21-14-8-10-20-22(14)13-3-1-2-9-19-13/h1-10,21H. The van der Waals surface area contributed by atoms with Gasteiger partial charge in [-0.2, -0.15) is 23.0 Å². The monoisotopic (exact) mass is 432 g/mol. The predicted molar refractivity (Wildman–Crippen MR) is 91.9 cm³/mol. The van der Waals surface area contributed by atoms with E-state index in [1.807, 2.05) is 0 Å². The van der Waals surface area contributed by atoms with Crippen LogP contribution in [0.4, 0.5) is 19.0 Å². The molecule has 8 nitrogen and oxygen atoms in total. The molecular formula is C15H11F3N4O4S2. The number of anilines is 1. The minimum absolute atomic E-state index is 0.0330. The van der Waals surface area contributed by atoms with Crippen LogP contribution in [-0.2, 0) is 19.9 Å². The summed E-state index contributed by atoms with van der Waals surface area (Å²) >= 11 is 0. The van der Waals surface area contributed by atoms with E-state index in [-0.39, 0.29) is 5.82 Å². The Balaban J connectivity index is 1.91. The Labute approximate surface area is 157 Å². The third-order valence-corrected chi connectivity index (χ3v) is 6.37. The molecule has 0 saturated carbocycles. The lowest BCUT2D eigenvalue weighted by molar-refractivity contribution is -0.0436. The molecule has 0 radical (unpaired) electrons. The summed E-state index contributed by atoms with van der Waals surface area (Å²) < 4.78 is 88.9. The number of sulfonamides is 1. The van der Waals surface area contributed by atoms with Crippen molar-refractivity contribution in [3.05, 3.63) is 60.9 Å². The van der Waals surface area contributed by atoms with Crippen molar-refractivity contribution in [3.8, 4) is 5.82 Å². The number of hydrogen-bond acceptors (Lipinski definition) is 6. The molecule has 148 valence electrons. The van der Waals surface area contributed by atoms with Gasteiger partial charge in [-0.05, 0) is 36.4 Å². The van der Waals surface area contributed by atoms with Crippen molar-refractivity contribution >= 4 is 25.7 Å². The van der Waals surface area contributed by atoms with Crippen LogP contribution in [0.25, 0.3) is 5.82 Å². The van der Waals surface area contributed by atoms with Gasteiger partial charge in [-0.25, -0.2) is 21.8 Å². The number of benzene rings is 1. The first kappa shape index (κ1) is 19.8. The van der Waals surface area contributed by atoms with Gasteiger partial charge >= 0.3 is 5.51 Å². The highest BCUT2D eigenvalue weighted by molar-refractivity contribution is 7.93. The maximum Gasteiger partial charge on any atom is 0.501 e. The maximum atomic E-state index is 12.6. The van der Waals surface area contributed by atoms with Crippen molar-refractivity contribution in [2.24, 2.45) is 0 Å². The van der Waals surface area contributed by atoms with Crippen LogP contribution in [0.15, 0.2) is 70.7 Å². The number of sulfone groups is 1. The zero-order valence-electron chi connectivity index (χ0n) is 13.7. The van der Waals surface area contributed by atoms with E-state index in [0.29, 0.717) is 18.0 Å². The van der Waals surface area contributed by atoms with E-state index < -0.39 is 35.2 Å². The third kappa shape index (κ3) is 3.71. The number of nitrogens with one attached hydrogen (secondary N) is 1. The normalized spacial score (nSPS) is 12.7. The molecule has 0 fully saturated rings. The van der Waals surface area contributed by atoms with Crippen molar-refractivity contribution in [1.82, 2.24) is 14.8 Å². The minimum Gasteiger partial charge on any atom is -0.263 e. The number of alkyl halides is 3. The fourth-order valence-electron chi connectivity index (χ4n) is 2.17. The fourth-order valence-corrected chi connectivity index (χ4v) is 3.97. The van der Waals surface area contributed by atoms with Gasteiger partial charge in [-0.1, -0.05) is 6.07 Å². The molecule has 0 aliphatic carbocycles. The molecule has 28 heavy (non-hydrogen) atoms. The Hall–Kier alpha value is -2.93. The summed E-state index contributed by atoms with van der Waals surface area (Å²) in [7, 11) is -9.80. The quantitative estimate of drug-likeness (QED) is 0.663. The number of hydrogen-bond donors (Lipinski definition) is 1. The number of nitrogens with zero attached hydrogens (tertiary/aromatic N) is 3. The van der Waals surface area contributed by atoms with Gasteiger partial charge in [0, 0.05) is 12.3 Å². The summed E-state index contributed by atoms with van der Waals surface area (Å²) in [5, 5.41) is 3.96. The van der Waals surface area contributed by atoms with Crippen LogP contribution in [-0.4, -0.2) is 37.1 Å². The molecule has 0 unspecified atom stereocenters. The second-order valence-electron chi connectivity index (χ2n) is 5.34. The van der Waals surface area contributed by atoms with Crippen LogP contribution in [0.2, 0.25) is 0 Å². The minimum atomic E-state index is -5.57. The van der Waals surface area contributed by atoms with Gasteiger partial charge in [0.25, 0.3) is 19.9 Å². The average molecular weight is 432 g/mol. The van der Waals surface area contributed by atoms with E-state index in [1.165, 1.54) is 23.1 Å². The summed E-state index contributed by atoms with van der Waals surface area (Å²) in [6.45, 7) is 0. The third-order valence-electron chi connectivity index (χ3n) is 3.50. The maximum absolute atomic E-state index is 12.6. The summed E-state index contributed by atoms with van der Waals surface area (Å²) in [6, 6.07) is 8.96. The molecule has 0 atom stereocenters. The van der Waals surface area contributed by atoms with Crippen molar-refractivity contribution in [2.45, 2.75) is 15.3 Å². The van der Waals surface area contributed by atoms with E-state index in [9.17, 15) is 30.0 Å². The van der Waals surface area contributed by atoms with Crippen molar-refractivity contribution in [1.29, 1.82) is 0 Å². The Kier molecular flexibility index (Phi) is 4.89. The first-order valence-corrected chi connectivity index (χ1v) is 10.4. The topological polar surface area (TPSA) is 111 Å². The van der Waals surface area contributed by atoms with Gasteiger partial charge in [0.1, 0.15) is 5.82 Å². The Bertz CT molecular complexity index is 1190. The Morgan fingerprint density at radius 3 is 2.07 bits per heavy atom. The predicted octanol–water partition coefficient (Wildman–Crippen LogP) is 2.36. The van der Waals surface area contributed by atoms with Crippen LogP contribution in [0, 0.1) is 0 Å². The molecule has 0 bridgehead atoms. The van der Waals surface area contributed by atoms with Gasteiger partial charge in [0.05, 0.1) is 16.0 Å². The van der Waals surface area contributed by atoms with Gasteiger partial charge in [0.2, 0.25) is 0 Å². The van der Waals surface area contributed by atoms with Crippen LogP contribution in [0.1, 0.15) is 0 Å². The smallest absolute Gasteiger partial charge is 0.263 e. The van der Waals surface area contributed by atoms with Crippen molar-refractivity contribution < 1.29 is 30.0 Å². The molecule has 0 aliphatic rings. The largest absolute Gasteiger partial charge is 0.501 e. The van der Waals surface area contributed by atoms with E-state index >= 15 is 0 Å². The van der Waals surface area contributed by atoms with E-state index in [4.69, 9.17) is 0 Å². The molecule has 0 aliphatic heterocycles. The second kappa shape index (κ2) is 6.91. The molecule has 0 spiro atoms. The zero-order chi connectivity index (χ0) is 20.6. The summed E-state index contributed by atoms with van der Waals surface area (Å²) in [5.41, 5.74) is -5.49. The molecule has 3 rings (SSSR count). The average Bonchev–Trinajstić information content (AvgIpc) is 3.09. The lowest BCUT2D eigenvalue weighted by Gasteiger charge is -2.11. The molecular weight excluding hydrogens is 421 g/mol. The molecule has 1 N–H and O–H groups in total. The van der Waals surface area contributed by atoms with Gasteiger partial charge in [-0.15, -0.1) is 0 Å². The zero-order valence-corrected chi connectivity index (χ0v) is 15.3. The Morgan fingerprint density at radius 1 is 0.857 bits per heavy atom. The fraction of sp³-hybridized carbons (Fsp3) is 0.0667. The highest BCUT2D eigenvalue weighted by Crippen LogP contribution is 2.30. The summed E-state index contributed by atoms with van der Waals surface area (Å²) in [6.07, 6.45) is 2.81. The van der Waals surface area contributed by atoms with Crippen LogP contribution in [0.3, 0.4) is 0 Å². The van der Waals surface area contributed by atoms with Crippen LogP contribution >= 0.6 is 0 Å². The first-order valence-electron chi connectivity index (χ1n) is 7.42. The molecule has 2 heterocycles. The van der Waals surface area contributed by atoms with Crippen molar-refractivity contribution in [2.75, 3.05) is 4.72 Å².